The second kappa shape index (κ2) is 17.6. The molecule has 0 spiro atoms. The van der Waals surface area contributed by atoms with Gasteiger partial charge in [0.15, 0.2) is 0 Å². The number of carbonyl (C=O) groups excluding carboxylic acids is 6. The van der Waals surface area contributed by atoms with E-state index in [1.165, 1.54) is 20.8 Å². The van der Waals surface area contributed by atoms with Crippen molar-refractivity contribution in [2.24, 2.45) is 0 Å². The molecule has 0 aliphatic rings. The topological polar surface area (TPSA) is 209 Å². The maximum absolute atomic E-state index is 12.6. The zero-order valence-electron chi connectivity index (χ0n) is 26.2. The summed E-state index contributed by atoms with van der Waals surface area (Å²) in [7, 11) is 0. The van der Waals surface area contributed by atoms with E-state index in [0.717, 1.165) is 0 Å². The standard InChI is InChI=1S/C27H50N6O9/c1-18(27(7,8)33(42)21(4)35)29-22(36)12-15-25(39)32(41)19(2)26(5,6)30-23(37)13-14-24(38)31(40)17-11-9-10-16-28-20(3)34/h18-19,40-42H,9-17H2,1-8H3,(H,28,34)(H,29,36)(H,30,37). The van der Waals surface area contributed by atoms with Gasteiger partial charge in [0.2, 0.25) is 35.4 Å². The summed E-state index contributed by atoms with van der Waals surface area (Å²) in [6.45, 7) is 12.6. The molecular weight excluding hydrogens is 552 g/mol. The molecule has 6 amide bonds. The summed E-state index contributed by atoms with van der Waals surface area (Å²) in [5.41, 5.74) is -2.23. The van der Waals surface area contributed by atoms with Gasteiger partial charge in [-0.3, -0.25) is 44.4 Å². The lowest BCUT2D eigenvalue weighted by atomic mass is 9.94. The van der Waals surface area contributed by atoms with E-state index in [1.807, 2.05) is 0 Å². The lowest BCUT2D eigenvalue weighted by molar-refractivity contribution is -0.191. The highest BCUT2D eigenvalue weighted by molar-refractivity contribution is 5.85. The van der Waals surface area contributed by atoms with Crippen LogP contribution in [0.4, 0.5) is 0 Å². The van der Waals surface area contributed by atoms with E-state index in [1.54, 1.807) is 34.6 Å². The molecule has 0 saturated heterocycles. The van der Waals surface area contributed by atoms with Gasteiger partial charge in [-0.15, -0.1) is 0 Å². The molecule has 0 aromatic rings. The van der Waals surface area contributed by atoms with E-state index in [4.69, 9.17) is 0 Å². The largest absolute Gasteiger partial charge is 0.356 e. The highest BCUT2D eigenvalue weighted by Gasteiger charge is 2.36. The summed E-state index contributed by atoms with van der Waals surface area (Å²) in [5.74, 6) is -3.15. The van der Waals surface area contributed by atoms with Crippen LogP contribution in [0, 0.1) is 0 Å². The highest BCUT2D eigenvalue weighted by Crippen LogP contribution is 2.19. The quantitative estimate of drug-likeness (QED) is 0.0752. The fourth-order valence-electron chi connectivity index (χ4n) is 3.76. The molecule has 0 aromatic carbocycles. The number of unbranched alkanes of at least 4 members (excludes halogenated alkanes) is 2. The summed E-state index contributed by atoms with van der Waals surface area (Å²) in [4.78, 5) is 71.9. The smallest absolute Gasteiger partial charge is 0.246 e. The molecule has 0 bridgehead atoms. The highest BCUT2D eigenvalue weighted by atomic mass is 16.5. The minimum absolute atomic E-state index is 0.0949. The Morgan fingerprint density at radius 3 is 1.86 bits per heavy atom. The Morgan fingerprint density at radius 1 is 0.762 bits per heavy atom. The lowest BCUT2D eigenvalue weighted by Gasteiger charge is -2.38. The number of nitrogens with zero attached hydrogens (tertiary/aromatic N) is 3. The minimum atomic E-state index is -1.12. The van der Waals surface area contributed by atoms with Crippen LogP contribution in [0.25, 0.3) is 0 Å². The van der Waals surface area contributed by atoms with Gasteiger partial charge >= 0.3 is 0 Å². The lowest BCUT2D eigenvalue weighted by Crippen LogP contribution is -2.58. The number of rotatable bonds is 18. The Hall–Kier alpha value is -3.30. The van der Waals surface area contributed by atoms with Gasteiger partial charge in [-0.2, -0.15) is 0 Å². The average molecular weight is 603 g/mol. The van der Waals surface area contributed by atoms with Crippen LogP contribution in [0.3, 0.4) is 0 Å². The first-order valence-corrected chi connectivity index (χ1v) is 14.1. The summed E-state index contributed by atoms with van der Waals surface area (Å²) in [6.07, 6.45) is 0.850. The molecule has 0 aliphatic carbocycles. The first-order valence-electron chi connectivity index (χ1n) is 14.1. The van der Waals surface area contributed by atoms with Crippen molar-refractivity contribution in [2.75, 3.05) is 13.1 Å². The molecule has 0 aliphatic heterocycles. The zero-order valence-corrected chi connectivity index (χ0v) is 26.2. The molecule has 6 N–H and O–H groups in total. The maximum Gasteiger partial charge on any atom is 0.246 e. The van der Waals surface area contributed by atoms with Crippen molar-refractivity contribution in [3.05, 3.63) is 0 Å². The molecule has 0 aromatic heterocycles. The molecule has 2 unspecified atom stereocenters. The Bertz CT molecular complexity index is 956. The Kier molecular flexibility index (Phi) is 16.2. The van der Waals surface area contributed by atoms with Crippen molar-refractivity contribution in [1.29, 1.82) is 0 Å². The van der Waals surface area contributed by atoms with E-state index >= 15 is 0 Å². The predicted molar refractivity (Wildman–Crippen MR) is 151 cm³/mol. The van der Waals surface area contributed by atoms with E-state index in [-0.39, 0.29) is 38.1 Å². The van der Waals surface area contributed by atoms with Crippen LogP contribution in [0.5, 0.6) is 0 Å². The molecular formula is C27H50N6O9. The Labute approximate surface area is 247 Å². The molecule has 42 heavy (non-hydrogen) atoms. The first-order chi connectivity index (χ1) is 19.2. The monoisotopic (exact) mass is 602 g/mol. The second-order valence-corrected chi connectivity index (χ2v) is 11.5. The summed E-state index contributed by atoms with van der Waals surface area (Å²) in [5, 5.41) is 39.8. The van der Waals surface area contributed by atoms with Gasteiger partial charge in [0.1, 0.15) is 0 Å². The predicted octanol–water partition coefficient (Wildman–Crippen LogP) is 1.09. The number of carbonyl (C=O) groups is 6. The van der Waals surface area contributed by atoms with Crippen molar-refractivity contribution in [2.45, 2.75) is 123 Å². The molecule has 0 radical (unpaired) electrons. The van der Waals surface area contributed by atoms with Gasteiger partial charge in [0.25, 0.3) is 0 Å². The maximum atomic E-state index is 12.6. The second-order valence-electron chi connectivity index (χ2n) is 11.5. The van der Waals surface area contributed by atoms with Gasteiger partial charge in [0.05, 0.1) is 23.2 Å². The van der Waals surface area contributed by atoms with E-state index in [2.05, 4.69) is 16.0 Å². The number of nitrogens with one attached hydrogen (secondary N) is 3. The molecule has 15 heteroatoms. The minimum Gasteiger partial charge on any atom is -0.356 e. The van der Waals surface area contributed by atoms with E-state index < -0.39 is 52.7 Å². The molecule has 242 valence electrons. The normalized spacial score (nSPS) is 12.9. The SMILES string of the molecule is CC(=O)NCCCCCN(O)C(=O)CCC(=O)NC(C)(C)C(C)N(O)C(=O)CCC(=O)NC(C)C(C)(C)N(O)C(C)=O. The molecule has 0 heterocycles. The van der Waals surface area contributed by atoms with Gasteiger partial charge in [0, 0.05) is 52.6 Å². The summed E-state index contributed by atoms with van der Waals surface area (Å²) < 4.78 is 0. The van der Waals surface area contributed by atoms with Gasteiger partial charge < -0.3 is 16.0 Å². The molecule has 15 nitrogen and oxygen atoms in total. The van der Waals surface area contributed by atoms with Crippen molar-refractivity contribution in [3.63, 3.8) is 0 Å². The fraction of sp³-hybridized carbons (Fsp3) is 0.778. The van der Waals surface area contributed by atoms with Crippen molar-refractivity contribution < 1.29 is 44.4 Å². The van der Waals surface area contributed by atoms with E-state index in [0.29, 0.717) is 41.0 Å². The van der Waals surface area contributed by atoms with Crippen molar-refractivity contribution in [1.82, 2.24) is 31.1 Å². The third-order valence-electron chi connectivity index (χ3n) is 7.25. The van der Waals surface area contributed by atoms with Crippen molar-refractivity contribution >= 4 is 35.4 Å². The van der Waals surface area contributed by atoms with E-state index in [9.17, 15) is 44.4 Å². The number of hydrogen-bond acceptors (Lipinski definition) is 9. The van der Waals surface area contributed by atoms with Crippen LogP contribution in [-0.4, -0.2) is 103 Å². The van der Waals surface area contributed by atoms with Gasteiger partial charge in [-0.1, -0.05) is 0 Å². The summed E-state index contributed by atoms with van der Waals surface area (Å²) >= 11 is 0. The number of hydrogen-bond donors (Lipinski definition) is 6. The molecule has 2 atom stereocenters. The third-order valence-corrected chi connectivity index (χ3v) is 7.25. The third kappa shape index (κ3) is 13.6. The van der Waals surface area contributed by atoms with Crippen LogP contribution in [0.2, 0.25) is 0 Å². The van der Waals surface area contributed by atoms with Crippen LogP contribution in [0.1, 0.15) is 100 Å². The van der Waals surface area contributed by atoms with Crippen LogP contribution in [0.15, 0.2) is 0 Å². The molecule has 0 rings (SSSR count). The number of amides is 6. The fourth-order valence-corrected chi connectivity index (χ4v) is 3.76. The first kappa shape index (κ1) is 38.7. The Balaban J connectivity index is 4.66. The Morgan fingerprint density at radius 2 is 1.31 bits per heavy atom. The van der Waals surface area contributed by atoms with Gasteiger partial charge in [-0.05, 0) is 60.8 Å². The summed E-state index contributed by atoms with van der Waals surface area (Å²) in [6, 6.07) is -1.56. The van der Waals surface area contributed by atoms with Crippen molar-refractivity contribution in [3.8, 4) is 0 Å². The molecule has 0 fully saturated rings. The zero-order chi connectivity index (χ0) is 32.8. The van der Waals surface area contributed by atoms with Gasteiger partial charge in [-0.25, -0.2) is 15.2 Å². The number of hydroxylamine groups is 6. The van der Waals surface area contributed by atoms with Crippen LogP contribution >= 0.6 is 0 Å². The average Bonchev–Trinajstić information content (AvgIpc) is 2.89. The van der Waals surface area contributed by atoms with Crippen LogP contribution in [-0.2, 0) is 28.8 Å². The van der Waals surface area contributed by atoms with Crippen LogP contribution < -0.4 is 16.0 Å². The molecule has 0 saturated carbocycles.